The first-order valence-corrected chi connectivity index (χ1v) is 14.2. The summed E-state index contributed by atoms with van der Waals surface area (Å²) in [6.45, 7) is 4.72. The molecule has 1 aliphatic heterocycles. The highest BCUT2D eigenvalue weighted by Gasteiger charge is 2.31. The fourth-order valence-electron chi connectivity index (χ4n) is 4.51. The number of hydrogen-bond donors (Lipinski definition) is 0. The fraction of sp³-hybridized carbons (Fsp3) is 0.267. The molecule has 0 bridgehead atoms. The van der Waals surface area contributed by atoms with Crippen LogP contribution in [0.1, 0.15) is 37.3 Å². The fourth-order valence-corrected chi connectivity index (χ4v) is 5.47. The Hall–Kier alpha value is -4.19. The van der Waals surface area contributed by atoms with Gasteiger partial charge in [-0.2, -0.15) is 4.99 Å². The van der Waals surface area contributed by atoms with E-state index in [-0.39, 0.29) is 29.8 Å². The molecule has 1 amide bonds. The zero-order valence-corrected chi connectivity index (χ0v) is 23.6. The van der Waals surface area contributed by atoms with Crippen LogP contribution in [0.3, 0.4) is 0 Å². The monoisotopic (exact) mass is 597 g/mol. The van der Waals surface area contributed by atoms with Gasteiger partial charge in [-0.05, 0) is 65.9 Å². The zero-order chi connectivity index (χ0) is 29.9. The van der Waals surface area contributed by atoms with Crippen molar-refractivity contribution in [3.63, 3.8) is 0 Å². The highest BCUT2D eigenvalue weighted by molar-refractivity contribution is 8.14. The Morgan fingerprint density at radius 1 is 1.07 bits per heavy atom. The predicted octanol–water partition coefficient (Wildman–Crippen LogP) is 7.16. The average Bonchev–Trinajstić information content (AvgIpc) is 3.62. The molecule has 5 rings (SSSR count). The Bertz CT molecular complexity index is 1580. The first-order chi connectivity index (χ1) is 20.1. The van der Waals surface area contributed by atoms with Crippen LogP contribution >= 0.6 is 11.8 Å². The molecule has 0 saturated carbocycles. The van der Waals surface area contributed by atoms with E-state index in [2.05, 4.69) is 19.8 Å². The second-order valence-electron chi connectivity index (χ2n) is 9.90. The molecule has 218 valence electrons. The van der Waals surface area contributed by atoms with Gasteiger partial charge in [0.25, 0.3) is 0 Å². The smallest absolute Gasteiger partial charge is 0.406 e. The van der Waals surface area contributed by atoms with Crippen LogP contribution in [-0.2, 0) is 11.2 Å². The maximum atomic E-state index is 13.9. The molecule has 2 heterocycles. The minimum absolute atomic E-state index is 0.124. The molecule has 42 heavy (non-hydrogen) atoms. The molecule has 3 aromatic carbocycles. The second-order valence-corrected chi connectivity index (χ2v) is 11.0. The molecule has 0 atom stereocenters. The number of amidine groups is 1. The van der Waals surface area contributed by atoms with E-state index in [4.69, 9.17) is 0 Å². The van der Waals surface area contributed by atoms with E-state index in [9.17, 15) is 22.4 Å². The summed E-state index contributed by atoms with van der Waals surface area (Å²) >= 11 is 1.52. The summed E-state index contributed by atoms with van der Waals surface area (Å²) in [6.07, 6.45) is -2.55. The summed E-state index contributed by atoms with van der Waals surface area (Å²) in [5.74, 6) is 0.530. The number of aliphatic imine (C=N–C) groups is 1. The number of thioether (sulfide) groups is 1. The van der Waals surface area contributed by atoms with Gasteiger partial charge >= 0.3 is 6.36 Å². The molecule has 0 aliphatic carbocycles. The second kappa shape index (κ2) is 12.4. The Balaban J connectivity index is 1.20. The summed E-state index contributed by atoms with van der Waals surface area (Å²) in [5, 5.41) is 5.05. The number of amides is 1. The third kappa shape index (κ3) is 7.17. The third-order valence-corrected chi connectivity index (χ3v) is 7.52. The Kier molecular flexibility index (Phi) is 8.62. The maximum Gasteiger partial charge on any atom is 0.573 e. The van der Waals surface area contributed by atoms with Crippen molar-refractivity contribution in [1.29, 1.82) is 0 Å². The van der Waals surface area contributed by atoms with Crippen LogP contribution < -0.4 is 9.64 Å². The van der Waals surface area contributed by atoms with Gasteiger partial charge in [-0.1, -0.05) is 49.9 Å². The number of nitrogens with zero attached hydrogens (tertiary/aromatic N) is 5. The summed E-state index contributed by atoms with van der Waals surface area (Å²) in [7, 11) is 0. The number of hydrogen-bond acceptors (Lipinski definition) is 5. The molecule has 1 saturated heterocycles. The van der Waals surface area contributed by atoms with Crippen LogP contribution in [0.25, 0.3) is 17.1 Å². The largest absolute Gasteiger partial charge is 0.573 e. The van der Waals surface area contributed by atoms with E-state index in [0.717, 1.165) is 28.1 Å². The number of anilines is 1. The minimum Gasteiger partial charge on any atom is -0.406 e. The van der Waals surface area contributed by atoms with Crippen LogP contribution in [0.2, 0.25) is 0 Å². The topological polar surface area (TPSA) is 72.6 Å². The lowest BCUT2D eigenvalue weighted by Gasteiger charge is -2.23. The van der Waals surface area contributed by atoms with Crippen LogP contribution in [-0.4, -0.2) is 44.5 Å². The Morgan fingerprint density at radius 3 is 2.50 bits per heavy atom. The van der Waals surface area contributed by atoms with E-state index in [0.29, 0.717) is 29.6 Å². The zero-order valence-electron chi connectivity index (χ0n) is 22.8. The van der Waals surface area contributed by atoms with E-state index >= 15 is 0 Å². The molecule has 7 nitrogen and oxygen atoms in total. The summed E-state index contributed by atoms with van der Waals surface area (Å²) in [4.78, 5) is 23.4. The molecule has 1 aromatic heterocycles. The molecule has 0 spiro atoms. The summed E-state index contributed by atoms with van der Waals surface area (Å²) in [5.41, 5.74) is 3.98. The number of rotatable bonds is 8. The van der Waals surface area contributed by atoms with Crippen molar-refractivity contribution < 1.29 is 27.1 Å². The summed E-state index contributed by atoms with van der Waals surface area (Å²) < 4.78 is 56.4. The van der Waals surface area contributed by atoms with Crippen LogP contribution in [0.15, 0.2) is 78.0 Å². The van der Waals surface area contributed by atoms with Crippen LogP contribution in [0.5, 0.6) is 5.75 Å². The normalized spacial score (nSPS) is 14.6. The van der Waals surface area contributed by atoms with Crippen molar-refractivity contribution in [3.05, 3.63) is 90.0 Å². The molecule has 0 N–H and O–H groups in total. The quantitative estimate of drug-likeness (QED) is 0.201. The standard InChI is InChI=1S/C30H27F4N5O2S/c1-19(2)25-17-22(31)8-13-26(25)38-15-16-42-29(38)36-27(40)14-5-20-3-6-21(7-4-20)28-35-18-39(37-28)23-9-11-24(12-10-23)41-30(32,33)34/h3-4,6-13,17-19H,5,14-16H2,1-2H3. The van der Waals surface area contributed by atoms with Crippen molar-refractivity contribution in [3.8, 4) is 22.8 Å². The number of carbonyl (C=O) groups is 1. The predicted molar refractivity (Wildman–Crippen MR) is 155 cm³/mol. The molecule has 12 heteroatoms. The van der Waals surface area contributed by atoms with Crippen molar-refractivity contribution in [2.75, 3.05) is 17.2 Å². The number of benzene rings is 3. The Labute approximate surface area is 244 Å². The number of halogens is 4. The van der Waals surface area contributed by atoms with Gasteiger partial charge in [0.05, 0.1) is 5.69 Å². The average molecular weight is 598 g/mol. The van der Waals surface area contributed by atoms with E-state index in [1.54, 1.807) is 12.1 Å². The third-order valence-electron chi connectivity index (χ3n) is 6.57. The van der Waals surface area contributed by atoms with Gasteiger partial charge in [-0.25, -0.2) is 14.1 Å². The highest BCUT2D eigenvalue weighted by Crippen LogP contribution is 2.33. The van der Waals surface area contributed by atoms with Crippen molar-refractivity contribution >= 4 is 28.5 Å². The van der Waals surface area contributed by atoms with E-state index in [1.807, 2.05) is 43.0 Å². The number of alkyl halides is 3. The number of aromatic nitrogens is 3. The molecular weight excluding hydrogens is 570 g/mol. The lowest BCUT2D eigenvalue weighted by molar-refractivity contribution is -0.274. The number of aryl methyl sites for hydroxylation is 1. The highest BCUT2D eigenvalue weighted by atomic mass is 32.2. The van der Waals surface area contributed by atoms with Crippen LogP contribution in [0, 0.1) is 5.82 Å². The van der Waals surface area contributed by atoms with Gasteiger partial charge in [0.2, 0.25) is 5.91 Å². The lowest BCUT2D eigenvalue weighted by atomic mass is 10.0. The molecule has 4 aromatic rings. The number of carbonyl (C=O) groups excluding carboxylic acids is 1. The number of ether oxygens (including phenoxy) is 1. The van der Waals surface area contributed by atoms with Gasteiger partial charge in [-0.15, -0.1) is 18.3 Å². The molecule has 1 aliphatic rings. The van der Waals surface area contributed by atoms with Gasteiger partial charge in [0, 0.05) is 30.0 Å². The summed E-state index contributed by atoms with van der Waals surface area (Å²) in [6, 6.07) is 17.5. The molecule has 0 unspecified atom stereocenters. The van der Waals surface area contributed by atoms with Crippen molar-refractivity contribution in [2.24, 2.45) is 4.99 Å². The van der Waals surface area contributed by atoms with Gasteiger partial charge in [0.1, 0.15) is 17.9 Å². The molecule has 1 fully saturated rings. The first-order valence-electron chi connectivity index (χ1n) is 13.2. The van der Waals surface area contributed by atoms with Gasteiger partial charge < -0.3 is 9.64 Å². The van der Waals surface area contributed by atoms with Gasteiger partial charge in [0.15, 0.2) is 11.0 Å². The van der Waals surface area contributed by atoms with Crippen molar-refractivity contribution in [1.82, 2.24) is 14.8 Å². The van der Waals surface area contributed by atoms with E-state index < -0.39 is 6.36 Å². The minimum atomic E-state index is -4.76. The molecular formula is C30H27F4N5O2S. The lowest BCUT2D eigenvalue weighted by Crippen LogP contribution is -2.26. The first kappa shape index (κ1) is 29.3. The molecule has 0 radical (unpaired) electrons. The maximum absolute atomic E-state index is 13.9. The van der Waals surface area contributed by atoms with Crippen molar-refractivity contribution in [2.45, 2.75) is 39.0 Å². The SMILES string of the molecule is CC(C)c1cc(F)ccc1N1CCSC1=NC(=O)CCc1ccc(-c2ncn(-c3ccc(OC(F)(F)F)cc3)n2)cc1. The Morgan fingerprint density at radius 2 is 1.81 bits per heavy atom. The van der Waals surface area contributed by atoms with E-state index in [1.165, 1.54) is 53.1 Å². The van der Waals surface area contributed by atoms with Gasteiger partial charge in [-0.3, -0.25) is 4.79 Å². The van der Waals surface area contributed by atoms with Crippen LogP contribution in [0.4, 0.5) is 23.2 Å².